The van der Waals surface area contributed by atoms with E-state index in [0.29, 0.717) is 23.7 Å². The van der Waals surface area contributed by atoms with Crippen molar-refractivity contribution in [2.45, 2.75) is 172 Å². The van der Waals surface area contributed by atoms with Gasteiger partial charge in [0.1, 0.15) is 35.8 Å². The number of aliphatic hydroxyl groups excluding tert-OH is 1. The van der Waals surface area contributed by atoms with E-state index in [-0.39, 0.29) is 18.2 Å². The smallest absolute Gasteiger partial charge is 0.404 e. The van der Waals surface area contributed by atoms with Gasteiger partial charge >= 0.3 is 7.82 Å². The summed E-state index contributed by atoms with van der Waals surface area (Å²) < 4.78 is 53.1. The summed E-state index contributed by atoms with van der Waals surface area (Å²) in [5.74, 6) is 0.607. The van der Waals surface area contributed by atoms with Gasteiger partial charge in [-0.15, -0.1) is 5.11 Å². The lowest BCUT2D eigenvalue weighted by atomic mass is 9.89. The molecule has 3 heterocycles. The van der Waals surface area contributed by atoms with Crippen LogP contribution >= 0.6 is 7.82 Å². The topological polar surface area (TPSA) is 163 Å². The van der Waals surface area contributed by atoms with E-state index >= 15 is 4.39 Å². The highest BCUT2D eigenvalue weighted by Crippen LogP contribution is 2.52. The minimum atomic E-state index is -4.17. The average Bonchev–Trinajstić information content (AvgIpc) is 3.67. The number of hydrogen-bond donors (Lipinski definition) is 3. The van der Waals surface area contributed by atoms with Crippen molar-refractivity contribution in [3.8, 4) is 5.75 Å². The van der Waals surface area contributed by atoms with Crippen LogP contribution in [0.1, 0.15) is 154 Å². The second kappa shape index (κ2) is 23.4. The Balaban J connectivity index is 1.12. The van der Waals surface area contributed by atoms with Gasteiger partial charge in [0.15, 0.2) is 17.2 Å². The minimum Gasteiger partial charge on any atom is -0.404 e. The average molecular weight is 777 g/mol. The summed E-state index contributed by atoms with van der Waals surface area (Å²) in [6, 6.07) is 7.58. The Hall–Kier alpha value is -2.70. The van der Waals surface area contributed by atoms with Crippen molar-refractivity contribution in [3.05, 3.63) is 36.0 Å². The van der Waals surface area contributed by atoms with Crippen LogP contribution in [-0.2, 0) is 18.3 Å². The minimum absolute atomic E-state index is 0.0363. The number of nitrogen functional groups attached to an aromatic ring is 1. The summed E-state index contributed by atoms with van der Waals surface area (Å²) in [7, 11) is -2.53. The zero-order valence-corrected chi connectivity index (χ0v) is 33.8. The number of alkyl halides is 1. The van der Waals surface area contributed by atoms with Crippen LogP contribution in [0.15, 0.2) is 40.6 Å². The Morgan fingerprint density at radius 2 is 1.39 bits per heavy atom. The number of phosphoric ester groups is 1. The molecule has 2 aliphatic heterocycles. The number of azo groups is 1. The number of nitrogens with zero attached hydrogens (tertiary/aromatic N) is 4. The summed E-state index contributed by atoms with van der Waals surface area (Å²) in [6.45, 7) is 3.20. The predicted molar refractivity (Wildman–Crippen MR) is 212 cm³/mol. The Bertz CT molecular complexity index is 1440. The van der Waals surface area contributed by atoms with Crippen molar-refractivity contribution in [3.63, 3.8) is 0 Å². The summed E-state index contributed by atoms with van der Waals surface area (Å²) in [5, 5.41) is 22.2. The highest BCUT2D eigenvalue weighted by molar-refractivity contribution is 7.48. The lowest BCUT2D eigenvalue weighted by Crippen LogP contribution is -2.43. The lowest BCUT2D eigenvalue weighted by molar-refractivity contribution is -0.0319. The van der Waals surface area contributed by atoms with E-state index in [1.807, 2.05) is 0 Å². The number of aliphatic hydroxyl groups is 1. The van der Waals surface area contributed by atoms with E-state index in [1.54, 1.807) is 37.4 Å². The fourth-order valence-electron chi connectivity index (χ4n) is 7.19. The quantitative estimate of drug-likeness (QED) is 0.0535. The third kappa shape index (κ3) is 13.8. The number of halogens is 1. The molecule has 1 saturated heterocycles. The van der Waals surface area contributed by atoms with Crippen molar-refractivity contribution in [2.75, 3.05) is 31.3 Å². The molecule has 14 heteroatoms. The van der Waals surface area contributed by atoms with Gasteiger partial charge in [0.25, 0.3) is 0 Å². The van der Waals surface area contributed by atoms with Crippen LogP contribution in [0.4, 0.5) is 21.8 Å². The van der Waals surface area contributed by atoms with Crippen molar-refractivity contribution >= 4 is 25.3 Å². The van der Waals surface area contributed by atoms with Crippen molar-refractivity contribution in [1.29, 1.82) is 0 Å². The molecule has 0 bridgehead atoms. The number of unbranched alkanes of at least 4 members (excludes halogenated alkanes) is 19. The molecule has 6 atom stereocenters. The highest BCUT2D eigenvalue weighted by atomic mass is 31.2. The van der Waals surface area contributed by atoms with Crippen LogP contribution in [-0.4, -0.2) is 59.3 Å². The van der Waals surface area contributed by atoms with Crippen LogP contribution in [0.5, 0.6) is 5.75 Å². The van der Waals surface area contributed by atoms with Crippen LogP contribution < -0.4 is 15.6 Å². The first kappa shape index (κ1) is 44.0. The number of hydrogen-bond acceptors (Lipinski definition) is 12. The maximum atomic E-state index is 16.1. The van der Waals surface area contributed by atoms with Gasteiger partial charge in [0.05, 0.1) is 13.2 Å². The van der Waals surface area contributed by atoms with Gasteiger partial charge in [0.2, 0.25) is 5.95 Å². The summed E-state index contributed by atoms with van der Waals surface area (Å²) in [5.41, 5.74) is 4.20. The van der Waals surface area contributed by atoms with E-state index in [2.05, 4.69) is 32.4 Å². The Morgan fingerprint density at radius 1 is 0.852 bits per heavy atom. The molecule has 2 aromatic rings. The van der Waals surface area contributed by atoms with Gasteiger partial charge in [-0.2, -0.15) is 10.1 Å². The van der Waals surface area contributed by atoms with E-state index < -0.39 is 44.5 Å². The molecule has 0 radical (unpaired) electrons. The molecular formula is C40H66FN6O6P. The van der Waals surface area contributed by atoms with Crippen molar-refractivity contribution < 1.29 is 32.4 Å². The van der Waals surface area contributed by atoms with Crippen molar-refractivity contribution in [2.24, 2.45) is 10.2 Å². The van der Waals surface area contributed by atoms with E-state index in [4.69, 9.17) is 24.0 Å². The molecular weight excluding hydrogens is 710 g/mol. The van der Waals surface area contributed by atoms with Gasteiger partial charge in [-0.1, -0.05) is 147 Å². The SMILES string of the molecule is CCCCCCCCCCCCCCCCCCCCCCOP(=O)(OCC1OC(C2N=Nc3c(NC)nc(N)nc32)C(C)(F)C1O)Oc1ccccc1. The summed E-state index contributed by atoms with van der Waals surface area (Å²) in [4.78, 5) is 8.33. The zero-order chi connectivity index (χ0) is 38.7. The number of ether oxygens (including phenoxy) is 1. The van der Waals surface area contributed by atoms with Gasteiger partial charge in [-0.25, -0.2) is 13.9 Å². The molecule has 0 saturated carbocycles. The number of aromatic nitrogens is 2. The maximum Gasteiger partial charge on any atom is 0.530 e. The van der Waals surface area contributed by atoms with Crippen LogP contribution in [0, 0.1) is 0 Å². The highest BCUT2D eigenvalue weighted by Gasteiger charge is 2.59. The Kier molecular flexibility index (Phi) is 19.1. The lowest BCUT2D eigenvalue weighted by Gasteiger charge is -2.26. The molecule has 1 fully saturated rings. The summed E-state index contributed by atoms with van der Waals surface area (Å²) in [6.07, 6.45) is 21.5. The third-order valence-corrected chi connectivity index (χ3v) is 11.8. The van der Waals surface area contributed by atoms with E-state index in [9.17, 15) is 9.67 Å². The first-order valence-electron chi connectivity index (χ1n) is 20.6. The molecule has 0 amide bonds. The van der Waals surface area contributed by atoms with E-state index in [1.165, 1.54) is 110 Å². The molecule has 6 unspecified atom stereocenters. The third-order valence-electron chi connectivity index (χ3n) is 10.4. The maximum absolute atomic E-state index is 16.1. The van der Waals surface area contributed by atoms with Gasteiger partial charge < -0.3 is 25.4 Å². The summed E-state index contributed by atoms with van der Waals surface area (Å²) >= 11 is 0. The normalized spacial score (nSPS) is 23.1. The number of nitrogens with two attached hydrogens (primary N) is 1. The second-order valence-electron chi connectivity index (χ2n) is 15.0. The molecule has 4 N–H and O–H groups in total. The number of nitrogens with one attached hydrogen (secondary N) is 1. The number of benzene rings is 1. The van der Waals surface area contributed by atoms with Crippen LogP contribution in [0.3, 0.4) is 0 Å². The molecule has 1 aromatic heterocycles. The van der Waals surface area contributed by atoms with Crippen molar-refractivity contribution in [1.82, 2.24) is 9.97 Å². The molecule has 2 aliphatic rings. The first-order valence-corrected chi connectivity index (χ1v) is 22.1. The molecule has 0 aliphatic carbocycles. The molecule has 304 valence electrons. The van der Waals surface area contributed by atoms with Gasteiger partial charge in [-0.05, 0) is 25.5 Å². The number of para-hydroxylation sites is 1. The molecule has 0 spiro atoms. The van der Waals surface area contributed by atoms with Gasteiger partial charge in [0, 0.05) is 7.05 Å². The Morgan fingerprint density at radius 3 is 1.93 bits per heavy atom. The molecule has 12 nitrogen and oxygen atoms in total. The van der Waals surface area contributed by atoms with Crippen LogP contribution in [0.25, 0.3) is 0 Å². The predicted octanol–water partition coefficient (Wildman–Crippen LogP) is 11.1. The monoisotopic (exact) mass is 776 g/mol. The fourth-order valence-corrected chi connectivity index (χ4v) is 8.43. The molecule has 1 aromatic carbocycles. The molecule has 54 heavy (non-hydrogen) atoms. The largest absolute Gasteiger partial charge is 0.530 e. The zero-order valence-electron chi connectivity index (χ0n) is 32.9. The first-order chi connectivity index (χ1) is 26.2. The second-order valence-corrected chi connectivity index (χ2v) is 16.6. The van der Waals surface area contributed by atoms with Gasteiger partial charge in [-0.3, -0.25) is 9.05 Å². The Labute approximate surface area is 322 Å². The number of anilines is 2. The standard InChI is InChI=1S/C40H66FN6O6P/c1-4-5-6-7-8-9-10-11-12-13-14-15-16-17-18-19-20-21-22-26-29-50-54(49,53-31-27-24-23-25-28-31)51-30-32-36(48)40(2,41)37(52-32)34-33-35(47-46-34)38(43-3)45-39(42)44-33/h23-25,27-28,32,34,36-37,48H,4-22,26,29-30H2,1-3H3,(H3,42,43,44,45). The number of fused-ring (bicyclic) bond motifs is 1. The molecule has 4 rings (SSSR count). The van der Waals surface area contributed by atoms with E-state index in [0.717, 1.165) is 19.3 Å². The number of phosphoric acid groups is 1. The number of rotatable bonds is 29. The van der Waals surface area contributed by atoms with Crippen LogP contribution in [0.2, 0.25) is 0 Å². The fraction of sp³-hybridized carbons (Fsp3) is 0.750.